The Balaban J connectivity index is 2.53. The molecule has 6 nitrogen and oxygen atoms in total. The molecule has 1 N–H and O–H groups in total. The summed E-state index contributed by atoms with van der Waals surface area (Å²) in [5.74, 6) is -0.0818. The molecule has 0 bridgehead atoms. The summed E-state index contributed by atoms with van der Waals surface area (Å²) in [6.07, 6.45) is 2.97. The highest BCUT2D eigenvalue weighted by molar-refractivity contribution is 7.80. The van der Waals surface area contributed by atoms with Crippen LogP contribution in [-0.4, -0.2) is 42.6 Å². The average molecular weight is 332 g/mol. The van der Waals surface area contributed by atoms with E-state index in [0.29, 0.717) is 17.1 Å². The number of hydrogen-bond donors (Lipinski definition) is 1. The van der Waals surface area contributed by atoms with Crippen molar-refractivity contribution in [2.24, 2.45) is 0 Å². The molecule has 0 saturated carbocycles. The summed E-state index contributed by atoms with van der Waals surface area (Å²) in [5.41, 5.74) is 0.450. The number of nitrogens with zero attached hydrogens (tertiary/aromatic N) is 1. The van der Waals surface area contributed by atoms with Crippen LogP contribution >= 0.6 is 12.2 Å². The molecule has 0 aliphatic carbocycles. The molecule has 1 saturated heterocycles. The fourth-order valence-corrected chi connectivity index (χ4v) is 2.41. The van der Waals surface area contributed by atoms with E-state index in [2.05, 4.69) is 11.9 Å². The summed E-state index contributed by atoms with van der Waals surface area (Å²) in [6.45, 7) is 3.79. The van der Waals surface area contributed by atoms with Gasteiger partial charge >= 0.3 is 0 Å². The number of nitrogens with one attached hydrogen (secondary N) is 1. The highest BCUT2D eigenvalue weighted by atomic mass is 32.1. The molecule has 0 radical (unpaired) electrons. The molecule has 23 heavy (non-hydrogen) atoms. The minimum atomic E-state index is -0.562. The second-order valence-electron chi connectivity index (χ2n) is 4.60. The number of carbonyl (C=O) groups is 2. The van der Waals surface area contributed by atoms with Crippen LogP contribution < -0.4 is 14.8 Å². The molecule has 0 spiro atoms. The van der Waals surface area contributed by atoms with Gasteiger partial charge in [0.2, 0.25) is 0 Å². The highest BCUT2D eigenvalue weighted by Crippen LogP contribution is 2.31. The van der Waals surface area contributed by atoms with Crippen LogP contribution in [0.2, 0.25) is 0 Å². The van der Waals surface area contributed by atoms with E-state index in [9.17, 15) is 9.59 Å². The quantitative estimate of drug-likeness (QED) is 0.383. The van der Waals surface area contributed by atoms with Crippen LogP contribution in [0.15, 0.2) is 36.4 Å². The molecule has 1 fully saturated rings. The number of methoxy groups -OCH3 is 2. The lowest BCUT2D eigenvalue weighted by molar-refractivity contribution is -0.128. The Hall–Kier alpha value is -2.67. The van der Waals surface area contributed by atoms with Gasteiger partial charge in [0, 0.05) is 6.54 Å². The molecule has 7 heteroatoms. The first-order valence-corrected chi connectivity index (χ1v) is 7.15. The average Bonchev–Trinajstić information content (AvgIpc) is 2.55. The van der Waals surface area contributed by atoms with Crippen LogP contribution in [0.1, 0.15) is 5.56 Å². The number of ether oxygens (including phenoxy) is 2. The predicted octanol–water partition coefficient (Wildman–Crippen LogP) is 1.52. The van der Waals surface area contributed by atoms with E-state index in [-0.39, 0.29) is 17.2 Å². The zero-order valence-corrected chi connectivity index (χ0v) is 13.6. The fraction of sp³-hybridized carbons (Fsp3) is 0.188. The van der Waals surface area contributed by atoms with Crippen LogP contribution in [0.25, 0.3) is 6.08 Å². The molecule has 1 heterocycles. The molecule has 0 unspecified atom stereocenters. The van der Waals surface area contributed by atoms with E-state index < -0.39 is 11.8 Å². The van der Waals surface area contributed by atoms with Crippen molar-refractivity contribution < 1.29 is 19.1 Å². The third kappa shape index (κ3) is 3.24. The Labute approximate surface area is 139 Å². The standard InChI is InChI=1S/C16H16N2O4S/c1-4-8-18-15(20)11(14(19)17-16(18)23)9-10-12(21-2)6-5-7-13(10)22-3/h4-7,9H,1,8H2,2-3H3,(H,17,19,23). The van der Waals surface area contributed by atoms with Gasteiger partial charge in [0.15, 0.2) is 5.11 Å². The molecular formula is C16H16N2O4S. The van der Waals surface area contributed by atoms with Gasteiger partial charge in [-0.1, -0.05) is 12.1 Å². The van der Waals surface area contributed by atoms with Crippen molar-refractivity contribution in [1.29, 1.82) is 0 Å². The highest BCUT2D eigenvalue weighted by Gasteiger charge is 2.33. The van der Waals surface area contributed by atoms with Crippen LogP contribution in [0.4, 0.5) is 0 Å². The molecular weight excluding hydrogens is 316 g/mol. The summed E-state index contributed by atoms with van der Waals surface area (Å²) < 4.78 is 10.5. The first-order valence-electron chi connectivity index (χ1n) is 6.74. The van der Waals surface area contributed by atoms with E-state index in [4.69, 9.17) is 21.7 Å². The minimum Gasteiger partial charge on any atom is -0.496 e. The summed E-state index contributed by atoms with van der Waals surface area (Å²) in [6, 6.07) is 5.18. The van der Waals surface area contributed by atoms with Crippen molar-refractivity contribution in [2.75, 3.05) is 20.8 Å². The molecule has 2 amide bonds. The van der Waals surface area contributed by atoms with Crippen molar-refractivity contribution in [1.82, 2.24) is 10.2 Å². The molecule has 1 aromatic carbocycles. The third-order valence-corrected chi connectivity index (χ3v) is 3.57. The van der Waals surface area contributed by atoms with E-state index in [1.807, 2.05) is 0 Å². The first-order chi connectivity index (χ1) is 11.0. The lowest BCUT2D eigenvalue weighted by Gasteiger charge is -2.28. The van der Waals surface area contributed by atoms with E-state index in [1.54, 1.807) is 18.2 Å². The van der Waals surface area contributed by atoms with Crippen molar-refractivity contribution in [3.05, 3.63) is 42.0 Å². The summed E-state index contributed by atoms with van der Waals surface area (Å²) in [4.78, 5) is 25.9. The Morgan fingerprint density at radius 1 is 1.26 bits per heavy atom. The molecule has 0 atom stereocenters. The SMILES string of the molecule is C=CCN1C(=O)C(=Cc2c(OC)cccc2OC)C(=O)NC1=S. The largest absolute Gasteiger partial charge is 0.496 e. The van der Waals surface area contributed by atoms with E-state index in [1.165, 1.54) is 31.3 Å². The normalized spacial score (nSPS) is 16.3. The Kier molecular flexibility index (Phi) is 5.13. The molecule has 120 valence electrons. The minimum absolute atomic E-state index is 0.0525. The lowest BCUT2D eigenvalue weighted by Crippen LogP contribution is -2.53. The zero-order valence-electron chi connectivity index (χ0n) is 12.8. The third-order valence-electron chi connectivity index (χ3n) is 3.25. The van der Waals surface area contributed by atoms with Gasteiger partial charge in [-0.3, -0.25) is 19.8 Å². The number of benzene rings is 1. The van der Waals surface area contributed by atoms with Crippen molar-refractivity contribution >= 4 is 35.2 Å². The van der Waals surface area contributed by atoms with Gasteiger partial charge in [-0.15, -0.1) is 6.58 Å². The number of rotatable bonds is 5. The van der Waals surface area contributed by atoms with Gasteiger partial charge < -0.3 is 9.47 Å². The number of amides is 2. The van der Waals surface area contributed by atoms with Gasteiger partial charge in [0.05, 0.1) is 19.8 Å². The monoisotopic (exact) mass is 332 g/mol. The van der Waals surface area contributed by atoms with Crippen LogP contribution in [0, 0.1) is 0 Å². The van der Waals surface area contributed by atoms with E-state index >= 15 is 0 Å². The van der Waals surface area contributed by atoms with Gasteiger partial charge in [-0.05, 0) is 30.4 Å². The molecule has 1 aliphatic rings. The second kappa shape index (κ2) is 7.06. The molecule has 0 aromatic heterocycles. The number of carbonyl (C=O) groups excluding carboxylic acids is 2. The topological polar surface area (TPSA) is 67.9 Å². The maximum absolute atomic E-state index is 12.5. The smallest absolute Gasteiger partial charge is 0.265 e. The molecule has 1 aromatic rings. The number of thiocarbonyl (C=S) groups is 1. The molecule has 1 aliphatic heterocycles. The molecule has 2 rings (SSSR count). The summed E-state index contributed by atoms with van der Waals surface area (Å²) in [5, 5.41) is 2.55. The predicted molar refractivity (Wildman–Crippen MR) is 90.2 cm³/mol. The van der Waals surface area contributed by atoms with Gasteiger partial charge in [-0.25, -0.2) is 0 Å². The van der Waals surface area contributed by atoms with Crippen molar-refractivity contribution in [2.45, 2.75) is 0 Å². The van der Waals surface area contributed by atoms with Crippen LogP contribution in [-0.2, 0) is 9.59 Å². The van der Waals surface area contributed by atoms with E-state index in [0.717, 1.165) is 0 Å². The first kappa shape index (κ1) is 16.7. The lowest BCUT2D eigenvalue weighted by atomic mass is 10.1. The van der Waals surface area contributed by atoms with Gasteiger partial charge in [0.25, 0.3) is 11.8 Å². The van der Waals surface area contributed by atoms with Crippen LogP contribution in [0.3, 0.4) is 0 Å². The Morgan fingerprint density at radius 2 is 1.87 bits per heavy atom. The zero-order chi connectivity index (χ0) is 17.0. The summed E-state index contributed by atoms with van der Waals surface area (Å²) in [7, 11) is 3.00. The summed E-state index contributed by atoms with van der Waals surface area (Å²) >= 11 is 5.01. The van der Waals surface area contributed by atoms with Gasteiger partial charge in [0.1, 0.15) is 17.1 Å². The maximum Gasteiger partial charge on any atom is 0.265 e. The van der Waals surface area contributed by atoms with Crippen molar-refractivity contribution in [3.63, 3.8) is 0 Å². The van der Waals surface area contributed by atoms with Gasteiger partial charge in [-0.2, -0.15) is 0 Å². The van der Waals surface area contributed by atoms with Crippen LogP contribution in [0.5, 0.6) is 11.5 Å². The van der Waals surface area contributed by atoms with Crippen molar-refractivity contribution in [3.8, 4) is 11.5 Å². The maximum atomic E-state index is 12.5. The number of hydrogen-bond acceptors (Lipinski definition) is 5. The Morgan fingerprint density at radius 3 is 2.39 bits per heavy atom. The Bertz CT molecular complexity index is 690. The second-order valence-corrected chi connectivity index (χ2v) is 4.98. The fourth-order valence-electron chi connectivity index (χ4n) is 2.16.